The minimum Gasteiger partial charge on any atom is -0.494 e. The van der Waals surface area contributed by atoms with Gasteiger partial charge in [0.05, 0.1) is 6.61 Å². The quantitative estimate of drug-likeness (QED) is 0.832. The van der Waals surface area contributed by atoms with E-state index in [2.05, 4.69) is 52.8 Å². The summed E-state index contributed by atoms with van der Waals surface area (Å²) in [6.07, 6.45) is 1.07. The summed E-state index contributed by atoms with van der Waals surface area (Å²) in [7, 11) is 0. The zero-order valence-corrected chi connectivity index (χ0v) is 14.0. The van der Waals surface area contributed by atoms with Crippen LogP contribution in [0.3, 0.4) is 0 Å². The zero-order valence-electron chi connectivity index (χ0n) is 14.0. The lowest BCUT2D eigenvalue weighted by atomic mass is 9.81. The molecule has 0 heterocycles. The summed E-state index contributed by atoms with van der Waals surface area (Å²) in [6, 6.07) is 6.66. The third-order valence-electron chi connectivity index (χ3n) is 4.11. The topological polar surface area (TPSA) is 35.2 Å². The first-order valence-corrected chi connectivity index (χ1v) is 7.78. The monoisotopic (exact) mass is 277 g/mol. The first-order valence-electron chi connectivity index (χ1n) is 7.78. The van der Waals surface area contributed by atoms with Gasteiger partial charge in [-0.2, -0.15) is 0 Å². The Morgan fingerprint density at radius 2 is 1.85 bits per heavy atom. The first-order chi connectivity index (χ1) is 9.31. The molecule has 0 aliphatic rings. The van der Waals surface area contributed by atoms with Crippen molar-refractivity contribution in [3.63, 3.8) is 0 Å². The van der Waals surface area contributed by atoms with Gasteiger partial charge in [0.1, 0.15) is 5.75 Å². The summed E-state index contributed by atoms with van der Waals surface area (Å²) >= 11 is 0. The van der Waals surface area contributed by atoms with E-state index in [0.717, 1.165) is 18.7 Å². The van der Waals surface area contributed by atoms with Crippen LogP contribution in [-0.4, -0.2) is 13.2 Å². The summed E-state index contributed by atoms with van der Waals surface area (Å²) in [4.78, 5) is 0. The molecule has 0 bridgehead atoms. The van der Waals surface area contributed by atoms with E-state index in [1.54, 1.807) is 0 Å². The normalized spacial score (nSPS) is 14.9. The molecule has 0 aromatic heterocycles. The Bertz CT molecular complexity index is 420. The highest BCUT2D eigenvalue weighted by molar-refractivity contribution is 5.42. The second-order valence-electron chi connectivity index (χ2n) is 6.78. The van der Waals surface area contributed by atoms with E-state index in [-0.39, 0.29) is 5.41 Å². The minimum atomic E-state index is 0.0946. The molecule has 1 aromatic carbocycles. The van der Waals surface area contributed by atoms with Gasteiger partial charge in [0.15, 0.2) is 0 Å². The molecule has 0 amide bonds. The molecule has 0 radical (unpaired) electrons. The lowest BCUT2D eigenvalue weighted by Gasteiger charge is -2.26. The molecular formula is C18H31NO. The highest BCUT2D eigenvalue weighted by Gasteiger charge is 2.22. The van der Waals surface area contributed by atoms with Crippen LogP contribution in [0, 0.1) is 5.92 Å². The summed E-state index contributed by atoms with van der Waals surface area (Å²) in [5.74, 6) is 2.14. The van der Waals surface area contributed by atoms with Crippen LogP contribution >= 0.6 is 0 Å². The smallest absolute Gasteiger partial charge is 0.123 e. The molecular weight excluding hydrogens is 246 g/mol. The molecule has 1 rings (SSSR count). The third kappa shape index (κ3) is 4.24. The SMILES string of the molecule is CCOc1ccc(C(C)C(C)CCN)cc1C(C)(C)C. The van der Waals surface area contributed by atoms with Gasteiger partial charge in [-0.05, 0) is 54.3 Å². The molecule has 2 atom stereocenters. The largest absolute Gasteiger partial charge is 0.494 e. The molecule has 2 heteroatoms. The van der Waals surface area contributed by atoms with Crippen LogP contribution in [-0.2, 0) is 5.41 Å². The summed E-state index contributed by atoms with van der Waals surface area (Å²) in [5.41, 5.74) is 8.47. The highest BCUT2D eigenvalue weighted by atomic mass is 16.5. The molecule has 2 nitrogen and oxygen atoms in total. The van der Waals surface area contributed by atoms with E-state index >= 15 is 0 Å². The van der Waals surface area contributed by atoms with Crippen molar-refractivity contribution < 1.29 is 4.74 Å². The Balaban J connectivity index is 3.12. The van der Waals surface area contributed by atoms with E-state index in [9.17, 15) is 0 Å². The van der Waals surface area contributed by atoms with E-state index in [1.165, 1.54) is 11.1 Å². The number of nitrogens with two attached hydrogens (primary N) is 1. The summed E-state index contributed by atoms with van der Waals surface area (Å²) in [5, 5.41) is 0. The predicted octanol–water partition coefficient (Wildman–Crippen LogP) is 4.47. The third-order valence-corrected chi connectivity index (χ3v) is 4.11. The number of hydrogen-bond acceptors (Lipinski definition) is 2. The van der Waals surface area contributed by atoms with Gasteiger partial charge >= 0.3 is 0 Å². The molecule has 0 aliphatic heterocycles. The number of hydrogen-bond donors (Lipinski definition) is 1. The van der Waals surface area contributed by atoms with Crippen molar-refractivity contribution in [2.45, 2.75) is 59.3 Å². The van der Waals surface area contributed by atoms with E-state index in [0.29, 0.717) is 18.4 Å². The Kier molecular flexibility index (Phi) is 6.07. The van der Waals surface area contributed by atoms with Crippen LogP contribution in [0.15, 0.2) is 18.2 Å². The first kappa shape index (κ1) is 17.0. The summed E-state index contributed by atoms with van der Waals surface area (Å²) < 4.78 is 5.79. The maximum Gasteiger partial charge on any atom is 0.123 e. The Labute approximate surface area is 124 Å². The van der Waals surface area contributed by atoms with Crippen molar-refractivity contribution in [1.29, 1.82) is 0 Å². The molecule has 0 saturated heterocycles. The Hall–Kier alpha value is -1.02. The number of benzene rings is 1. The van der Waals surface area contributed by atoms with Crippen LogP contribution in [0.4, 0.5) is 0 Å². The van der Waals surface area contributed by atoms with Crippen LogP contribution in [0.5, 0.6) is 5.75 Å². The van der Waals surface area contributed by atoms with E-state index in [4.69, 9.17) is 10.5 Å². The second-order valence-corrected chi connectivity index (χ2v) is 6.78. The van der Waals surface area contributed by atoms with E-state index in [1.807, 2.05) is 6.92 Å². The van der Waals surface area contributed by atoms with Crippen LogP contribution < -0.4 is 10.5 Å². The molecule has 0 fully saturated rings. The molecule has 114 valence electrons. The molecule has 2 N–H and O–H groups in total. The zero-order chi connectivity index (χ0) is 15.3. The molecule has 20 heavy (non-hydrogen) atoms. The summed E-state index contributed by atoms with van der Waals surface area (Å²) in [6.45, 7) is 14.8. The number of rotatable bonds is 6. The lowest BCUT2D eigenvalue weighted by molar-refractivity contribution is 0.329. The van der Waals surface area contributed by atoms with Crippen molar-refractivity contribution in [3.8, 4) is 5.75 Å². The van der Waals surface area contributed by atoms with E-state index < -0.39 is 0 Å². The molecule has 1 aromatic rings. The standard InChI is InChI=1S/C18H31NO/c1-7-20-17-9-8-15(12-16(17)18(4,5)6)14(3)13(2)10-11-19/h8-9,12-14H,7,10-11,19H2,1-6H3. The molecule has 0 saturated carbocycles. The average Bonchev–Trinajstić information content (AvgIpc) is 2.37. The predicted molar refractivity (Wildman–Crippen MR) is 87.6 cm³/mol. The minimum absolute atomic E-state index is 0.0946. The Morgan fingerprint density at radius 1 is 1.20 bits per heavy atom. The van der Waals surface area contributed by atoms with Crippen molar-refractivity contribution in [2.75, 3.05) is 13.2 Å². The van der Waals surface area contributed by atoms with Crippen LogP contribution in [0.25, 0.3) is 0 Å². The fourth-order valence-electron chi connectivity index (χ4n) is 2.54. The fraction of sp³-hybridized carbons (Fsp3) is 0.667. The van der Waals surface area contributed by atoms with Gasteiger partial charge in [-0.15, -0.1) is 0 Å². The molecule has 0 aliphatic carbocycles. The van der Waals surface area contributed by atoms with Gasteiger partial charge in [0.25, 0.3) is 0 Å². The van der Waals surface area contributed by atoms with Crippen molar-refractivity contribution >= 4 is 0 Å². The maximum atomic E-state index is 5.79. The van der Waals surface area contributed by atoms with Crippen LogP contribution in [0.1, 0.15) is 65.0 Å². The second kappa shape index (κ2) is 7.12. The average molecular weight is 277 g/mol. The van der Waals surface area contributed by atoms with Crippen LogP contribution in [0.2, 0.25) is 0 Å². The van der Waals surface area contributed by atoms with Crippen molar-refractivity contribution in [2.24, 2.45) is 11.7 Å². The lowest BCUT2D eigenvalue weighted by Crippen LogP contribution is -2.16. The number of ether oxygens (including phenoxy) is 1. The van der Waals surface area contributed by atoms with Gasteiger partial charge in [0.2, 0.25) is 0 Å². The van der Waals surface area contributed by atoms with Gasteiger partial charge in [-0.25, -0.2) is 0 Å². The van der Waals surface area contributed by atoms with Crippen molar-refractivity contribution in [1.82, 2.24) is 0 Å². The Morgan fingerprint density at radius 3 is 2.35 bits per heavy atom. The van der Waals surface area contributed by atoms with Gasteiger partial charge in [-0.1, -0.05) is 46.8 Å². The van der Waals surface area contributed by atoms with Gasteiger partial charge in [0, 0.05) is 0 Å². The van der Waals surface area contributed by atoms with Gasteiger partial charge in [-0.3, -0.25) is 0 Å². The van der Waals surface area contributed by atoms with Gasteiger partial charge < -0.3 is 10.5 Å². The molecule has 2 unspecified atom stereocenters. The maximum absolute atomic E-state index is 5.79. The van der Waals surface area contributed by atoms with Crippen molar-refractivity contribution in [3.05, 3.63) is 29.3 Å². The highest BCUT2D eigenvalue weighted by Crippen LogP contribution is 2.36. The fourth-order valence-corrected chi connectivity index (χ4v) is 2.54. The molecule has 0 spiro atoms.